The summed E-state index contributed by atoms with van der Waals surface area (Å²) < 4.78 is 5.44. The minimum Gasteiger partial charge on any atom is -0.479 e. The first-order chi connectivity index (χ1) is 8.20. The van der Waals surface area contributed by atoms with Crippen LogP contribution in [0.3, 0.4) is 0 Å². The lowest BCUT2D eigenvalue weighted by molar-refractivity contribution is -0.122. The molecule has 1 amide bonds. The number of amides is 1. The number of aliphatic hydroxyl groups is 1. The maximum absolute atomic E-state index is 11.4. The van der Waals surface area contributed by atoms with E-state index >= 15 is 0 Å². The van der Waals surface area contributed by atoms with Crippen LogP contribution in [0.4, 0.5) is 11.4 Å². The number of carbonyl (C=O) groups is 1. The number of aliphatic hydroxyl groups excluding tert-OH is 1. The van der Waals surface area contributed by atoms with E-state index in [4.69, 9.17) is 9.84 Å². The zero-order valence-electron chi connectivity index (χ0n) is 9.69. The Balaban J connectivity index is 2.09. The van der Waals surface area contributed by atoms with Gasteiger partial charge in [0.1, 0.15) is 5.75 Å². The Morgan fingerprint density at radius 2 is 2.35 bits per heavy atom. The lowest BCUT2D eigenvalue weighted by Gasteiger charge is -2.23. The van der Waals surface area contributed by atoms with Crippen molar-refractivity contribution in [3.63, 3.8) is 0 Å². The largest absolute Gasteiger partial charge is 0.479 e. The van der Waals surface area contributed by atoms with E-state index < -0.39 is 6.10 Å². The first-order valence-corrected chi connectivity index (χ1v) is 5.67. The van der Waals surface area contributed by atoms with Crippen molar-refractivity contribution >= 4 is 17.3 Å². The summed E-state index contributed by atoms with van der Waals surface area (Å²) in [5.74, 6) is 0.551. The van der Waals surface area contributed by atoms with E-state index in [0.717, 1.165) is 5.69 Å². The summed E-state index contributed by atoms with van der Waals surface area (Å²) in [6.45, 7) is 2.57. The number of carbonyl (C=O) groups excluding carboxylic acids is 1. The molecular formula is C12H16N2O3. The molecule has 5 nitrogen and oxygen atoms in total. The molecule has 1 heterocycles. The van der Waals surface area contributed by atoms with Gasteiger partial charge in [-0.05, 0) is 31.5 Å². The van der Waals surface area contributed by atoms with Gasteiger partial charge in [0.15, 0.2) is 6.10 Å². The van der Waals surface area contributed by atoms with Crippen LogP contribution in [0, 0.1) is 0 Å². The van der Waals surface area contributed by atoms with Crippen molar-refractivity contribution in [3.05, 3.63) is 18.2 Å². The molecule has 0 saturated heterocycles. The van der Waals surface area contributed by atoms with Gasteiger partial charge in [0.05, 0.1) is 5.69 Å². The number of ether oxygens (including phenoxy) is 1. The van der Waals surface area contributed by atoms with Crippen LogP contribution in [0.5, 0.6) is 5.75 Å². The van der Waals surface area contributed by atoms with Gasteiger partial charge in [-0.3, -0.25) is 4.79 Å². The Morgan fingerprint density at radius 3 is 3.12 bits per heavy atom. The standard InChI is InChI=1S/C12H16N2O3/c1-8-12(16)14-10-7-9(13-5-2-6-15)3-4-11(10)17-8/h3-4,7-8,13,15H,2,5-6H2,1H3,(H,14,16). The highest BCUT2D eigenvalue weighted by molar-refractivity contribution is 5.98. The zero-order chi connectivity index (χ0) is 12.3. The van der Waals surface area contributed by atoms with Crippen LogP contribution in [-0.4, -0.2) is 30.3 Å². The number of benzene rings is 1. The summed E-state index contributed by atoms with van der Waals surface area (Å²) in [5, 5.41) is 14.6. The molecule has 1 aliphatic heterocycles. The summed E-state index contributed by atoms with van der Waals surface area (Å²) in [6, 6.07) is 5.55. The molecule has 5 heteroatoms. The van der Waals surface area contributed by atoms with Gasteiger partial charge in [-0.25, -0.2) is 0 Å². The monoisotopic (exact) mass is 236 g/mol. The second kappa shape index (κ2) is 5.05. The van der Waals surface area contributed by atoms with Gasteiger partial charge in [0, 0.05) is 18.8 Å². The van der Waals surface area contributed by atoms with Crippen molar-refractivity contribution in [2.24, 2.45) is 0 Å². The van der Waals surface area contributed by atoms with Crippen LogP contribution < -0.4 is 15.4 Å². The molecule has 0 radical (unpaired) electrons. The Morgan fingerprint density at radius 1 is 1.53 bits per heavy atom. The fourth-order valence-corrected chi connectivity index (χ4v) is 1.63. The number of hydrogen-bond acceptors (Lipinski definition) is 4. The van der Waals surface area contributed by atoms with Crippen LogP contribution >= 0.6 is 0 Å². The molecule has 0 fully saturated rings. The molecule has 3 N–H and O–H groups in total. The molecule has 92 valence electrons. The van der Waals surface area contributed by atoms with Gasteiger partial charge in [0.2, 0.25) is 0 Å². The topological polar surface area (TPSA) is 70.6 Å². The number of fused-ring (bicyclic) bond motifs is 1. The number of nitrogens with one attached hydrogen (secondary N) is 2. The minimum atomic E-state index is -0.448. The average Bonchev–Trinajstić information content (AvgIpc) is 2.31. The third-order valence-electron chi connectivity index (χ3n) is 2.57. The highest BCUT2D eigenvalue weighted by Gasteiger charge is 2.23. The van der Waals surface area contributed by atoms with Crippen LogP contribution in [-0.2, 0) is 4.79 Å². The Bertz CT molecular complexity index is 420. The third kappa shape index (κ3) is 2.68. The number of rotatable bonds is 4. The smallest absolute Gasteiger partial charge is 0.265 e. The van der Waals surface area contributed by atoms with Gasteiger partial charge in [-0.2, -0.15) is 0 Å². The average molecular weight is 236 g/mol. The molecule has 0 bridgehead atoms. The molecule has 17 heavy (non-hydrogen) atoms. The second-order valence-electron chi connectivity index (χ2n) is 3.96. The van der Waals surface area contributed by atoms with Crippen LogP contribution in [0.2, 0.25) is 0 Å². The molecular weight excluding hydrogens is 220 g/mol. The molecule has 1 aliphatic rings. The summed E-state index contributed by atoms with van der Waals surface area (Å²) in [4.78, 5) is 11.4. The maximum atomic E-state index is 11.4. The van der Waals surface area contributed by atoms with Gasteiger partial charge < -0.3 is 20.5 Å². The van der Waals surface area contributed by atoms with Crippen LogP contribution in [0.15, 0.2) is 18.2 Å². The number of anilines is 2. The summed E-state index contributed by atoms with van der Waals surface area (Å²) in [5.41, 5.74) is 1.58. The van der Waals surface area contributed by atoms with Crippen molar-refractivity contribution < 1.29 is 14.6 Å². The Labute approximate surface area is 99.8 Å². The van der Waals surface area contributed by atoms with Crippen LogP contribution in [0.1, 0.15) is 13.3 Å². The quantitative estimate of drug-likeness (QED) is 0.687. The lowest BCUT2D eigenvalue weighted by Crippen LogP contribution is -2.34. The van der Waals surface area contributed by atoms with Crippen molar-refractivity contribution in [1.82, 2.24) is 0 Å². The van der Waals surface area contributed by atoms with Crippen molar-refractivity contribution in [2.45, 2.75) is 19.4 Å². The predicted molar refractivity (Wildman–Crippen MR) is 65.4 cm³/mol. The molecule has 1 atom stereocenters. The summed E-state index contributed by atoms with van der Waals surface area (Å²) in [7, 11) is 0. The van der Waals surface area contributed by atoms with E-state index in [2.05, 4.69) is 10.6 Å². The summed E-state index contributed by atoms with van der Waals surface area (Å²) in [6.07, 6.45) is 0.243. The minimum absolute atomic E-state index is 0.134. The zero-order valence-corrected chi connectivity index (χ0v) is 9.69. The highest BCUT2D eigenvalue weighted by atomic mass is 16.5. The normalized spacial score (nSPS) is 18.0. The summed E-state index contributed by atoms with van der Waals surface area (Å²) >= 11 is 0. The van der Waals surface area contributed by atoms with Crippen molar-refractivity contribution in [1.29, 1.82) is 0 Å². The number of hydrogen-bond donors (Lipinski definition) is 3. The first kappa shape index (κ1) is 11.7. The van der Waals surface area contributed by atoms with E-state index in [9.17, 15) is 4.79 Å². The van der Waals surface area contributed by atoms with Crippen molar-refractivity contribution in [2.75, 3.05) is 23.8 Å². The third-order valence-corrected chi connectivity index (χ3v) is 2.57. The van der Waals surface area contributed by atoms with E-state index in [1.54, 1.807) is 6.92 Å². The van der Waals surface area contributed by atoms with E-state index in [-0.39, 0.29) is 12.5 Å². The Hall–Kier alpha value is -1.75. The Kier molecular flexibility index (Phi) is 3.49. The molecule has 1 unspecified atom stereocenters. The molecule has 1 aromatic rings. The SMILES string of the molecule is CC1Oc2ccc(NCCCO)cc2NC1=O. The fraction of sp³-hybridized carbons (Fsp3) is 0.417. The van der Waals surface area contributed by atoms with E-state index in [1.165, 1.54) is 0 Å². The van der Waals surface area contributed by atoms with Gasteiger partial charge in [0.25, 0.3) is 5.91 Å². The molecule has 0 aliphatic carbocycles. The van der Waals surface area contributed by atoms with E-state index in [0.29, 0.717) is 24.4 Å². The maximum Gasteiger partial charge on any atom is 0.265 e. The van der Waals surface area contributed by atoms with Crippen molar-refractivity contribution in [3.8, 4) is 5.75 Å². The lowest BCUT2D eigenvalue weighted by atomic mass is 10.2. The molecule has 0 saturated carbocycles. The molecule has 1 aromatic carbocycles. The molecule has 0 aromatic heterocycles. The molecule has 2 rings (SSSR count). The van der Waals surface area contributed by atoms with Gasteiger partial charge in [-0.15, -0.1) is 0 Å². The predicted octanol–water partition coefficient (Wildman–Crippen LogP) is 1.20. The second-order valence-corrected chi connectivity index (χ2v) is 3.96. The van der Waals surface area contributed by atoms with E-state index in [1.807, 2.05) is 18.2 Å². The molecule has 0 spiro atoms. The van der Waals surface area contributed by atoms with Gasteiger partial charge in [-0.1, -0.05) is 0 Å². The van der Waals surface area contributed by atoms with Crippen LogP contribution in [0.25, 0.3) is 0 Å². The van der Waals surface area contributed by atoms with Gasteiger partial charge >= 0.3 is 0 Å². The highest BCUT2D eigenvalue weighted by Crippen LogP contribution is 2.31. The first-order valence-electron chi connectivity index (χ1n) is 5.67. The fourth-order valence-electron chi connectivity index (χ4n) is 1.63.